The maximum absolute atomic E-state index is 12.3. The summed E-state index contributed by atoms with van der Waals surface area (Å²) in [6, 6.07) is 3.71. The molecular formula is C10H7F3N2O2S. The molecule has 3 N–H and O–H groups in total. The minimum absolute atomic E-state index is 0.116. The molecule has 8 heteroatoms. The summed E-state index contributed by atoms with van der Waals surface area (Å²) in [6.07, 6.45) is 0. The number of halogens is 3. The highest BCUT2D eigenvalue weighted by Gasteiger charge is 2.32. The summed E-state index contributed by atoms with van der Waals surface area (Å²) < 4.78 is 36.8. The van der Waals surface area contributed by atoms with E-state index in [9.17, 15) is 18.0 Å². The quantitative estimate of drug-likeness (QED) is 0.827. The van der Waals surface area contributed by atoms with Gasteiger partial charge in [-0.2, -0.15) is 18.4 Å². The van der Waals surface area contributed by atoms with Crippen molar-refractivity contribution in [2.75, 3.05) is 0 Å². The third-order valence-electron chi connectivity index (χ3n) is 2.02. The zero-order valence-corrected chi connectivity index (χ0v) is 9.60. The first-order valence-electron chi connectivity index (χ1n) is 4.55. The van der Waals surface area contributed by atoms with Crippen LogP contribution in [0.15, 0.2) is 17.0 Å². The Kier molecular flexibility index (Phi) is 4.21. The van der Waals surface area contributed by atoms with Crippen LogP contribution in [-0.4, -0.2) is 16.6 Å². The fourth-order valence-corrected chi connectivity index (χ4v) is 2.00. The van der Waals surface area contributed by atoms with E-state index < -0.39 is 39.3 Å². The first-order valence-corrected chi connectivity index (χ1v) is 5.37. The number of alkyl halides is 3. The average Bonchev–Trinajstić information content (AvgIpc) is 2.26. The number of nitrogens with zero attached hydrogens (tertiary/aromatic N) is 1. The Morgan fingerprint density at radius 3 is 2.50 bits per heavy atom. The second kappa shape index (κ2) is 5.29. The normalized spacial score (nSPS) is 11.1. The Hall–Kier alpha value is -1.72. The molecule has 0 unspecified atom stereocenters. The molecule has 96 valence electrons. The molecule has 0 spiro atoms. The first kappa shape index (κ1) is 14.3. The molecule has 1 rings (SSSR count). The Labute approximate surface area is 104 Å². The number of rotatable bonds is 3. The van der Waals surface area contributed by atoms with Gasteiger partial charge in [-0.05, 0) is 23.4 Å². The van der Waals surface area contributed by atoms with E-state index in [0.29, 0.717) is 0 Å². The van der Waals surface area contributed by atoms with Gasteiger partial charge in [0.2, 0.25) is 0 Å². The van der Waals surface area contributed by atoms with Gasteiger partial charge in [-0.25, -0.2) is 4.79 Å². The van der Waals surface area contributed by atoms with E-state index in [4.69, 9.17) is 16.1 Å². The number of thioether (sulfide) groups is 1. The molecule has 0 aliphatic carbocycles. The first-order chi connectivity index (χ1) is 8.30. The van der Waals surface area contributed by atoms with Gasteiger partial charge in [-0.3, -0.25) is 0 Å². The highest BCUT2D eigenvalue weighted by molar-refractivity contribution is 8.00. The van der Waals surface area contributed by atoms with Crippen LogP contribution in [0.3, 0.4) is 0 Å². The molecule has 0 radical (unpaired) electrons. The Bertz CT molecular complexity index is 523. The molecule has 0 aliphatic heterocycles. The highest BCUT2D eigenvalue weighted by atomic mass is 32.2. The van der Waals surface area contributed by atoms with Gasteiger partial charge in [0.15, 0.2) is 0 Å². The lowest BCUT2D eigenvalue weighted by atomic mass is 10.0. The largest absolute Gasteiger partial charge is 0.478 e. The van der Waals surface area contributed by atoms with Gasteiger partial charge in [0.25, 0.3) is 0 Å². The van der Waals surface area contributed by atoms with Crippen molar-refractivity contribution in [3.8, 4) is 6.07 Å². The molecule has 0 amide bonds. The van der Waals surface area contributed by atoms with E-state index in [0.717, 1.165) is 6.07 Å². The lowest BCUT2D eigenvalue weighted by molar-refractivity contribution is -0.0328. The van der Waals surface area contributed by atoms with E-state index in [1.807, 2.05) is 0 Å². The maximum atomic E-state index is 12.3. The smallest absolute Gasteiger partial charge is 0.446 e. The van der Waals surface area contributed by atoms with Crippen molar-refractivity contribution in [2.45, 2.75) is 16.9 Å². The van der Waals surface area contributed by atoms with Crippen LogP contribution in [0.4, 0.5) is 13.2 Å². The number of hydrogen-bond donors (Lipinski definition) is 2. The fraction of sp³-hybridized carbons (Fsp3) is 0.200. The summed E-state index contributed by atoms with van der Waals surface area (Å²) in [7, 11) is 0. The number of aromatic carboxylic acids is 1. The number of carbonyl (C=O) groups is 1. The molecule has 18 heavy (non-hydrogen) atoms. The number of nitrogens with two attached hydrogens (primary N) is 1. The van der Waals surface area contributed by atoms with Gasteiger partial charge in [0, 0.05) is 11.4 Å². The van der Waals surface area contributed by atoms with E-state index in [1.54, 1.807) is 0 Å². The van der Waals surface area contributed by atoms with Crippen molar-refractivity contribution >= 4 is 17.7 Å². The second-order valence-corrected chi connectivity index (χ2v) is 4.25. The number of carboxylic acid groups (broad SMARTS) is 1. The molecule has 1 aromatic carbocycles. The predicted molar refractivity (Wildman–Crippen MR) is 57.9 cm³/mol. The molecule has 0 aromatic heterocycles. The number of nitriles is 1. The number of carboxylic acids is 1. The molecule has 0 saturated heterocycles. The van der Waals surface area contributed by atoms with Crippen molar-refractivity contribution in [1.82, 2.24) is 0 Å². The van der Waals surface area contributed by atoms with Gasteiger partial charge < -0.3 is 10.8 Å². The van der Waals surface area contributed by atoms with Gasteiger partial charge in [0.05, 0.1) is 11.1 Å². The van der Waals surface area contributed by atoms with Crippen molar-refractivity contribution < 1.29 is 23.1 Å². The lowest BCUT2D eigenvalue weighted by Crippen LogP contribution is -2.11. The Morgan fingerprint density at radius 2 is 2.11 bits per heavy atom. The maximum Gasteiger partial charge on any atom is 0.446 e. The summed E-state index contributed by atoms with van der Waals surface area (Å²) in [5.74, 6) is -1.48. The average molecular weight is 276 g/mol. The van der Waals surface area contributed by atoms with Crippen LogP contribution in [0.5, 0.6) is 0 Å². The fourth-order valence-electron chi connectivity index (χ4n) is 1.36. The van der Waals surface area contributed by atoms with Crippen molar-refractivity contribution in [1.29, 1.82) is 5.26 Å². The van der Waals surface area contributed by atoms with Crippen LogP contribution < -0.4 is 5.73 Å². The number of hydrogen-bond acceptors (Lipinski definition) is 4. The van der Waals surface area contributed by atoms with Crippen molar-refractivity contribution in [3.05, 3.63) is 28.8 Å². The summed E-state index contributed by atoms with van der Waals surface area (Å²) in [4.78, 5) is 10.5. The van der Waals surface area contributed by atoms with Gasteiger partial charge in [-0.15, -0.1) is 0 Å². The molecular weight excluding hydrogens is 269 g/mol. The van der Waals surface area contributed by atoms with Crippen molar-refractivity contribution in [3.63, 3.8) is 0 Å². The summed E-state index contributed by atoms with van der Waals surface area (Å²) >= 11 is -0.524. The number of benzene rings is 1. The van der Waals surface area contributed by atoms with E-state index in [-0.39, 0.29) is 12.1 Å². The summed E-state index contributed by atoms with van der Waals surface area (Å²) in [6.45, 7) is -0.173. The highest BCUT2D eigenvalue weighted by Crippen LogP contribution is 2.39. The second-order valence-electron chi connectivity index (χ2n) is 3.14. The monoisotopic (exact) mass is 276 g/mol. The van der Waals surface area contributed by atoms with Crippen LogP contribution in [-0.2, 0) is 6.54 Å². The zero-order valence-electron chi connectivity index (χ0n) is 8.78. The van der Waals surface area contributed by atoms with Crippen LogP contribution in [0, 0.1) is 11.3 Å². The molecule has 0 saturated carbocycles. The third-order valence-corrected chi connectivity index (χ3v) is 2.82. The van der Waals surface area contributed by atoms with Gasteiger partial charge >= 0.3 is 11.5 Å². The third kappa shape index (κ3) is 3.15. The van der Waals surface area contributed by atoms with E-state index >= 15 is 0 Å². The van der Waals surface area contributed by atoms with E-state index in [2.05, 4.69) is 0 Å². The van der Waals surface area contributed by atoms with E-state index in [1.165, 1.54) is 12.1 Å². The zero-order chi connectivity index (χ0) is 13.9. The SMILES string of the molecule is N#Cc1c(SC(F)(F)F)ccc(CN)c1C(=O)O. The van der Waals surface area contributed by atoms with Crippen LogP contribution in [0.25, 0.3) is 0 Å². The summed E-state index contributed by atoms with van der Waals surface area (Å²) in [5, 5.41) is 17.8. The standard InChI is InChI=1S/C10H7F3N2O2S/c11-10(12,13)18-7-2-1-5(3-14)8(9(16)17)6(7)4-15/h1-2H,3,14H2,(H,16,17). The Balaban J connectivity index is 3.44. The lowest BCUT2D eigenvalue weighted by Gasteiger charge is -2.11. The molecule has 1 aromatic rings. The van der Waals surface area contributed by atoms with Crippen LogP contribution in [0.1, 0.15) is 21.5 Å². The van der Waals surface area contributed by atoms with Gasteiger partial charge in [-0.1, -0.05) is 6.07 Å². The van der Waals surface area contributed by atoms with Crippen molar-refractivity contribution in [2.24, 2.45) is 5.73 Å². The molecule has 0 aliphatic rings. The molecule has 0 bridgehead atoms. The summed E-state index contributed by atoms with van der Waals surface area (Å²) in [5.41, 5.74) is -0.186. The molecule has 0 fully saturated rings. The Morgan fingerprint density at radius 1 is 1.50 bits per heavy atom. The van der Waals surface area contributed by atoms with Gasteiger partial charge in [0.1, 0.15) is 6.07 Å². The van der Waals surface area contributed by atoms with Crippen LogP contribution in [0.2, 0.25) is 0 Å². The topological polar surface area (TPSA) is 87.1 Å². The predicted octanol–water partition coefficient (Wildman–Crippen LogP) is 2.33. The molecule has 0 heterocycles. The molecule has 4 nitrogen and oxygen atoms in total. The molecule has 0 atom stereocenters. The minimum Gasteiger partial charge on any atom is -0.478 e. The van der Waals surface area contributed by atoms with Crippen LogP contribution >= 0.6 is 11.8 Å². The minimum atomic E-state index is -4.59.